The van der Waals surface area contributed by atoms with E-state index in [4.69, 9.17) is 23.3 Å². The molecule has 0 aliphatic rings. The number of esters is 3. The van der Waals surface area contributed by atoms with Gasteiger partial charge in [0.2, 0.25) is 0 Å². The summed E-state index contributed by atoms with van der Waals surface area (Å²) in [5, 5.41) is 9.83. The molecule has 0 aromatic carbocycles. The average Bonchev–Trinajstić information content (AvgIpc) is 3.43. The summed E-state index contributed by atoms with van der Waals surface area (Å²) < 4.78 is 39.6. The standard InChI is InChI=1S/C66H117O11P/c1-4-7-10-13-16-19-22-25-27-29-31-33-35-38-40-43-46-49-52-55-64(68)73-59-63(77-66(70)57-54-51-48-45-42-39-36-34-32-30-28-26-23-20-17-14-11-8-5-2)61-75-78(71,72)74-60-62(58-67)76-65(69)56-53-50-47-44-41-37-24-21-18-15-12-9-6-3/h12,15-16,19,21,24-28,31,33,62-63,67H,4-11,13-14,17-18,20,22-23,29-30,32,34-61H2,1-3H3,(H,71,72)/b15-12-,19-16-,24-21-,27-25-,28-26-,33-31-. The molecule has 0 saturated carbocycles. The van der Waals surface area contributed by atoms with Crippen molar-refractivity contribution in [3.63, 3.8) is 0 Å². The third-order valence-corrected chi connectivity index (χ3v) is 14.5. The molecule has 0 spiro atoms. The molecule has 2 N–H and O–H groups in total. The van der Waals surface area contributed by atoms with Gasteiger partial charge in [-0.15, -0.1) is 0 Å². The molecule has 0 rings (SSSR count). The van der Waals surface area contributed by atoms with Crippen LogP contribution in [0.4, 0.5) is 0 Å². The third kappa shape index (κ3) is 57.6. The first kappa shape index (κ1) is 74.9. The van der Waals surface area contributed by atoms with Crippen molar-refractivity contribution in [2.75, 3.05) is 26.4 Å². The lowest BCUT2D eigenvalue weighted by atomic mass is 10.1. The van der Waals surface area contributed by atoms with Crippen LogP contribution in [-0.2, 0) is 42.2 Å². The summed E-state index contributed by atoms with van der Waals surface area (Å²) in [7, 11) is -4.76. The van der Waals surface area contributed by atoms with Gasteiger partial charge in [0.25, 0.3) is 0 Å². The number of phosphoric ester groups is 1. The Labute approximate surface area is 478 Å². The van der Waals surface area contributed by atoms with Crippen molar-refractivity contribution in [2.45, 2.75) is 303 Å². The first-order valence-electron chi connectivity index (χ1n) is 31.8. The van der Waals surface area contributed by atoms with Crippen LogP contribution in [0.5, 0.6) is 0 Å². The van der Waals surface area contributed by atoms with Crippen molar-refractivity contribution >= 4 is 25.7 Å². The van der Waals surface area contributed by atoms with Crippen LogP contribution in [-0.4, -0.2) is 66.5 Å². The third-order valence-electron chi connectivity index (χ3n) is 13.6. The molecule has 78 heavy (non-hydrogen) atoms. The maximum absolute atomic E-state index is 13.0. The van der Waals surface area contributed by atoms with Gasteiger partial charge in [-0.1, -0.05) is 235 Å². The SMILES string of the molecule is CCC/C=C\C/C=C\CCCCCCCC(=O)OC(CO)COP(=O)(O)OCC(COC(=O)CCCCCCCC/C=C\C/C=C\C/C=C\CCCCC)OC(=O)CCCCCCCCCCC/C=C\CCCCCCCC. The van der Waals surface area contributed by atoms with Gasteiger partial charge in [0.1, 0.15) is 12.7 Å². The number of aliphatic hydroxyl groups excluding tert-OH is 1. The van der Waals surface area contributed by atoms with Crippen LogP contribution in [0.3, 0.4) is 0 Å². The van der Waals surface area contributed by atoms with Crippen molar-refractivity contribution in [2.24, 2.45) is 0 Å². The van der Waals surface area contributed by atoms with Gasteiger partial charge < -0.3 is 24.2 Å². The molecule has 12 heteroatoms. The molecule has 0 fully saturated rings. The van der Waals surface area contributed by atoms with Gasteiger partial charge in [-0.25, -0.2) is 4.57 Å². The van der Waals surface area contributed by atoms with E-state index < -0.39 is 57.8 Å². The van der Waals surface area contributed by atoms with Gasteiger partial charge in [-0.05, 0) is 109 Å². The number of rotatable bonds is 59. The number of unbranched alkanes of at least 4 members (excludes halogenated alkanes) is 30. The zero-order chi connectivity index (χ0) is 56.9. The topological polar surface area (TPSA) is 155 Å². The van der Waals surface area contributed by atoms with E-state index in [1.54, 1.807) is 0 Å². The van der Waals surface area contributed by atoms with Crippen LogP contribution in [0.2, 0.25) is 0 Å². The van der Waals surface area contributed by atoms with E-state index in [9.17, 15) is 28.9 Å². The predicted molar refractivity (Wildman–Crippen MR) is 325 cm³/mol. The second kappa shape index (κ2) is 60.0. The molecule has 0 saturated heterocycles. The summed E-state index contributed by atoms with van der Waals surface area (Å²) in [5.41, 5.74) is 0. The number of carbonyl (C=O) groups excluding carboxylic acids is 3. The number of carbonyl (C=O) groups is 3. The average molecular weight is 1120 g/mol. The maximum Gasteiger partial charge on any atom is 0.472 e. The van der Waals surface area contributed by atoms with Gasteiger partial charge in [-0.3, -0.25) is 23.4 Å². The van der Waals surface area contributed by atoms with Gasteiger partial charge >= 0.3 is 25.7 Å². The van der Waals surface area contributed by atoms with Gasteiger partial charge in [-0.2, -0.15) is 0 Å². The number of ether oxygens (including phenoxy) is 3. The number of hydrogen-bond acceptors (Lipinski definition) is 10. The van der Waals surface area contributed by atoms with Gasteiger partial charge in [0, 0.05) is 19.3 Å². The highest BCUT2D eigenvalue weighted by Crippen LogP contribution is 2.43. The summed E-state index contributed by atoms with van der Waals surface area (Å²) in [4.78, 5) is 48.7. The fourth-order valence-electron chi connectivity index (χ4n) is 8.69. The van der Waals surface area contributed by atoms with Crippen LogP contribution < -0.4 is 0 Å². The Bertz CT molecular complexity index is 1590. The van der Waals surface area contributed by atoms with Crippen LogP contribution in [0.15, 0.2) is 72.9 Å². The Hall–Kier alpha value is -3.08. The largest absolute Gasteiger partial charge is 0.472 e. The van der Waals surface area contributed by atoms with Crippen molar-refractivity contribution in [3.05, 3.63) is 72.9 Å². The summed E-state index contributed by atoms with van der Waals surface area (Å²) in [6.07, 6.45) is 68.5. The lowest BCUT2D eigenvalue weighted by Crippen LogP contribution is -2.30. The molecule has 0 aliphatic carbocycles. The summed E-state index contributed by atoms with van der Waals surface area (Å²) in [6, 6.07) is 0. The van der Waals surface area contributed by atoms with E-state index in [1.807, 2.05) is 0 Å². The quantitative estimate of drug-likeness (QED) is 0.0197. The van der Waals surface area contributed by atoms with Crippen LogP contribution in [0.1, 0.15) is 290 Å². The molecule has 452 valence electrons. The van der Waals surface area contributed by atoms with E-state index in [-0.39, 0.29) is 25.9 Å². The fourth-order valence-corrected chi connectivity index (χ4v) is 9.47. The van der Waals surface area contributed by atoms with Crippen molar-refractivity contribution in [1.29, 1.82) is 0 Å². The molecule has 0 amide bonds. The summed E-state index contributed by atoms with van der Waals surface area (Å²) in [5.74, 6) is -1.49. The maximum atomic E-state index is 13.0. The van der Waals surface area contributed by atoms with Gasteiger partial charge in [0.05, 0.1) is 19.8 Å². The molecular formula is C66H117O11P. The number of aliphatic hydroxyl groups is 1. The number of allylic oxidation sites excluding steroid dienone is 12. The number of hydrogen-bond donors (Lipinski definition) is 2. The van der Waals surface area contributed by atoms with Crippen molar-refractivity contribution in [1.82, 2.24) is 0 Å². The van der Waals surface area contributed by atoms with Crippen LogP contribution in [0.25, 0.3) is 0 Å². The molecule has 0 radical (unpaired) electrons. The highest BCUT2D eigenvalue weighted by Gasteiger charge is 2.28. The molecule has 0 aliphatic heterocycles. The van der Waals surface area contributed by atoms with E-state index >= 15 is 0 Å². The molecule has 0 aromatic rings. The van der Waals surface area contributed by atoms with Crippen molar-refractivity contribution < 1.29 is 52.2 Å². The van der Waals surface area contributed by atoms with Crippen LogP contribution >= 0.6 is 7.82 Å². The predicted octanol–water partition coefficient (Wildman–Crippen LogP) is 19.3. The molecule has 0 bridgehead atoms. The monoisotopic (exact) mass is 1120 g/mol. The first-order chi connectivity index (χ1) is 38.2. The lowest BCUT2D eigenvalue weighted by molar-refractivity contribution is -0.161. The zero-order valence-electron chi connectivity index (χ0n) is 50.1. The molecule has 0 aromatic heterocycles. The Balaban J connectivity index is 4.73. The fraction of sp³-hybridized carbons (Fsp3) is 0.773. The minimum Gasteiger partial charge on any atom is -0.462 e. The minimum atomic E-state index is -4.76. The zero-order valence-corrected chi connectivity index (χ0v) is 51.0. The molecule has 11 nitrogen and oxygen atoms in total. The Morgan fingerprint density at radius 2 is 0.654 bits per heavy atom. The van der Waals surface area contributed by atoms with Gasteiger partial charge in [0.15, 0.2) is 6.10 Å². The van der Waals surface area contributed by atoms with E-state index in [1.165, 1.54) is 116 Å². The Kier molecular flexibility index (Phi) is 57.7. The lowest BCUT2D eigenvalue weighted by Gasteiger charge is -2.21. The second-order valence-electron chi connectivity index (χ2n) is 21.2. The van der Waals surface area contributed by atoms with Crippen molar-refractivity contribution in [3.8, 4) is 0 Å². The van der Waals surface area contributed by atoms with E-state index in [2.05, 4.69) is 93.7 Å². The van der Waals surface area contributed by atoms with E-state index in [0.29, 0.717) is 19.3 Å². The summed E-state index contributed by atoms with van der Waals surface area (Å²) in [6.45, 7) is 4.55. The Morgan fingerprint density at radius 3 is 1.05 bits per heavy atom. The second-order valence-corrected chi connectivity index (χ2v) is 22.7. The summed E-state index contributed by atoms with van der Waals surface area (Å²) >= 11 is 0. The Morgan fingerprint density at radius 1 is 0.359 bits per heavy atom. The minimum absolute atomic E-state index is 0.159. The molecular weight excluding hydrogens is 1000 g/mol. The smallest absolute Gasteiger partial charge is 0.462 e. The molecule has 0 heterocycles. The molecule has 3 unspecified atom stereocenters. The van der Waals surface area contributed by atoms with Crippen LogP contribution in [0, 0.1) is 0 Å². The normalized spacial score (nSPS) is 13.8. The number of phosphoric acid groups is 1. The highest BCUT2D eigenvalue weighted by molar-refractivity contribution is 7.47. The highest BCUT2D eigenvalue weighted by atomic mass is 31.2. The first-order valence-corrected chi connectivity index (χ1v) is 33.3. The molecule has 3 atom stereocenters. The van der Waals surface area contributed by atoms with E-state index in [0.717, 1.165) is 116 Å².